The third kappa shape index (κ3) is 30.7. The minimum atomic E-state index is -4.43. The maximum absolute atomic E-state index is 12.5. The van der Waals surface area contributed by atoms with E-state index in [9.17, 15) is 13.2 Å². The van der Waals surface area contributed by atoms with Gasteiger partial charge < -0.3 is 14.7 Å². The van der Waals surface area contributed by atoms with Crippen molar-refractivity contribution in [2.75, 3.05) is 11.5 Å². The van der Waals surface area contributed by atoms with E-state index in [2.05, 4.69) is 350 Å². The number of aromatic amines is 1. The molecule has 1 aliphatic heterocycles. The molecule has 0 saturated heterocycles. The average Bonchev–Trinajstić information content (AvgIpc) is 1.65. The monoisotopic (exact) mass is 1930 g/mol. The SMILES string of the molecule is CC(C)(C)c1ccn2cc(C(F)(F)F)nc2n1.CC(C)(C)c1ccnc(N)n1.CC(C)(C)c1ccnc2ccnn12.CC(C)(C)c1ccnc2ncnn12.CC(C)(C)c1cn2c(n1)SCC2.CC(C)(C)c1cn2ccccc2n1.CC(C)(C)c1cn2ccsc2n1.CC(C)(C)c1cn2ncsc2n1.CC(C)(C)c1cn2nnsc2n1.Cc1[nH]ncc1C(C)(C)C.Cc1nccc(C(C)(C)C)n1. The van der Waals surface area contributed by atoms with Gasteiger partial charge in [0.1, 0.15) is 23.3 Å². The standard InChI is InChI=1S/C11H12F3N3.C11H14N2.C10H13N3.C9H12N4.C9H14N2S.C9H12N2S.C9H14N2.C8H11N3S.C8H13N3.C8H14N2.C7H10N4S/c1-10(2,3)7-4-5-17-6-8(11(12,13)14)16-9(17)15-7;1-11(2,3)9-8-13-7-5-4-6-10(13)12-9;1-10(2,3)8-4-6-11-9-5-7-12-13(8)9;1-9(2,3)7-4-5-10-8-11-6-12-13(7)8;2*1-9(2,3)7-6-11-4-5-12-8(11)10-7;1-7-10-6-5-8(11-7)9(2,3)4;1-8(2,3)6-4-11-7(10-6)12-5-9-11;1-8(2,3)6-4-5-10-7(9)11-6;1-6-7(5-9-10-6)8(2,3)4;1-7(2,3)5-4-11-6(8-5)12-10-9-11/h4-6H,1-3H3;4-8H,1-3H3;4-7H,1-3H3;4-6H,1-3H3;6H,4-5H2,1-3H3;4-6H,1-3H3;5-6H,1-4H3;4-5H,1-3H3;4-5H,1-3H3,(H2,9,10,11);5H,1-4H3,(H,9,10);4H,1-3H3. The number of imidazole rings is 6. The molecule has 136 heavy (non-hydrogen) atoms. The lowest BCUT2D eigenvalue weighted by Gasteiger charge is -2.19. The number of nitrogens with one attached hydrogen (secondary N) is 1. The molecule has 0 fully saturated rings. The molecule has 37 heteroatoms. The fourth-order valence-electron chi connectivity index (χ4n) is 12.5. The van der Waals surface area contributed by atoms with Gasteiger partial charge in [0.05, 0.1) is 76.0 Å². The minimum Gasteiger partial charge on any atom is -0.368 e. The minimum absolute atomic E-state index is 0.0526. The summed E-state index contributed by atoms with van der Waals surface area (Å²) in [4.78, 5) is 61.7. The van der Waals surface area contributed by atoms with Gasteiger partial charge in [0.2, 0.25) is 21.6 Å². The van der Waals surface area contributed by atoms with Gasteiger partial charge >= 0.3 is 6.18 Å². The van der Waals surface area contributed by atoms with Crippen molar-refractivity contribution in [2.45, 2.75) is 320 Å². The molecule has 0 bridgehead atoms. The average molecular weight is 1930 g/mol. The van der Waals surface area contributed by atoms with Gasteiger partial charge in [-0.1, -0.05) is 262 Å². The number of fused-ring (bicyclic) bond motifs is 8. The van der Waals surface area contributed by atoms with Crippen LogP contribution in [0.15, 0.2) is 170 Å². The van der Waals surface area contributed by atoms with Crippen molar-refractivity contribution in [2.24, 2.45) is 0 Å². The number of nitrogens with zero attached hydrogens (tertiary/aromatic N) is 28. The zero-order valence-electron chi connectivity index (χ0n) is 85.9. The first-order chi connectivity index (χ1) is 62.7. The van der Waals surface area contributed by atoms with Crippen molar-refractivity contribution in [3.8, 4) is 0 Å². The Morgan fingerprint density at radius 3 is 1.42 bits per heavy atom. The number of thiazole rings is 1. The van der Waals surface area contributed by atoms with E-state index in [4.69, 9.17) is 5.73 Å². The third-order valence-electron chi connectivity index (χ3n) is 20.5. The number of H-pyrrole nitrogens is 1. The second kappa shape index (κ2) is 42.9. The quantitative estimate of drug-likeness (QED) is 0.142. The summed E-state index contributed by atoms with van der Waals surface area (Å²) in [5, 5.41) is 26.5. The van der Waals surface area contributed by atoms with Crippen LogP contribution in [0.1, 0.15) is 308 Å². The molecule has 18 aromatic heterocycles. The normalized spacial score (nSPS) is 12.7. The molecule has 0 aromatic carbocycles. The Morgan fingerprint density at radius 1 is 0.382 bits per heavy atom. The second-order valence-corrected chi connectivity index (χ2v) is 47.7. The number of halogens is 3. The van der Waals surface area contributed by atoms with Gasteiger partial charge in [-0.15, -0.1) is 11.3 Å². The summed E-state index contributed by atoms with van der Waals surface area (Å²) in [6.07, 6.45) is 24.7. The van der Waals surface area contributed by atoms with E-state index in [-0.39, 0.29) is 65.3 Å². The maximum Gasteiger partial charge on any atom is 0.434 e. The molecule has 0 radical (unpaired) electrons. The van der Waals surface area contributed by atoms with Gasteiger partial charge in [-0.05, 0) is 72.5 Å². The summed E-state index contributed by atoms with van der Waals surface area (Å²) in [6, 6.07) is 17.5. The van der Waals surface area contributed by atoms with E-state index in [0.29, 0.717) is 17.4 Å². The Labute approximate surface area is 814 Å². The van der Waals surface area contributed by atoms with Crippen molar-refractivity contribution >= 4 is 89.6 Å². The zero-order chi connectivity index (χ0) is 101. The first kappa shape index (κ1) is 108. The highest BCUT2D eigenvalue weighted by Gasteiger charge is 2.35. The molecule has 0 atom stereocenters. The molecule has 0 aliphatic carbocycles. The van der Waals surface area contributed by atoms with Crippen molar-refractivity contribution in [1.82, 2.24) is 141 Å². The zero-order valence-corrected chi connectivity index (χ0v) is 89.1. The molecule has 0 amide bonds. The topological polar surface area (TPSA) is 335 Å². The Kier molecular flexibility index (Phi) is 34.1. The van der Waals surface area contributed by atoms with Crippen molar-refractivity contribution in [3.63, 3.8) is 0 Å². The predicted octanol–water partition coefficient (Wildman–Crippen LogP) is 23.1. The molecule has 0 unspecified atom stereocenters. The highest BCUT2D eigenvalue weighted by atomic mass is 32.2. The molecular formula is C99H139F3N30S4. The molecule has 18 aromatic rings. The van der Waals surface area contributed by atoms with E-state index >= 15 is 0 Å². The number of alkyl halides is 3. The third-order valence-corrected chi connectivity index (χ3v) is 23.5. The van der Waals surface area contributed by atoms with Crippen LogP contribution < -0.4 is 5.73 Å². The summed E-state index contributed by atoms with van der Waals surface area (Å²) in [6.45, 7) is 75.7. The lowest BCUT2D eigenvalue weighted by molar-refractivity contribution is -0.140. The van der Waals surface area contributed by atoms with Gasteiger partial charge in [-0.3, -0.25) is 13.9 Å². The van der Waals surface area contributed by atoms with E-state index in [1.54, 1.807) is 68.1 Å². The number of aryl methyl sites for hydroxylation is 3. The Bertz CT molecular complexity index is 6340. The Balaban J connectivity index is 0.000000168. The van der Waals surface area contributed by atoms with Gasteiger partial charge in [-0.25, -0.2) is 78.3 Å². The summed E-state index contributed by atoms with van der Waals surface area (Å²) >= 11 is 6.41. The Morgan fingerprint density at radius 2 is 0.904 bits per heavy atom. The van der Waals surface area contributed by atoms with Crippen molar-refractivity contribution < 1.29 is 13.2 Å². The number of aromatic nitrogens is 29. The molecule has 3 N–H and O–H groups in total. The molecule has 0 saturated carbocycles. The summed E-state index contributed by atoms with van der Waals surface area (Å²) in [5.41, 5.74) is 22.5. The van der Waals surface area contributed by atoms with E-state index in [1.807, 2.05) is 147 Å². The highest BCUT2D eigenvalue weighted by Crippen LogP contribution is 2.34. The first-order valence-electron chi connectivity index (χ1n) is 45.1. The van der Waals surface area contributed by atoms with Gasteiger partial charge in [0, 0.05) is 169 Å². The number of nitrogens with two attached hydrogens (primary N) is 1. The largest absolute Gasteiger partial charge is 0.434 e. The van der Waals surface area contributed by atoms with Crippen LogP contribution in [-0.2, 0) is 72.3 Å². The molecule has 30 nitrogen and oxygen atoms in total. The van der Waals surface area contributed by atoms with Crippen molar-refractivity contribution in [1.29, 1.82) is 0 Å². The van der Waals surface area contributed by atoms with Crippen LogP contribution in [-0.4, -0.2) is 147 Å². The summed E-state index contributed by atoms with van der Waals surface area (Å²) in [7, 11) is 0. The van der Waals surface area contributed by atoms with Crippen LogP contribution in [0.4, 0.5) is 19.1 Å². The van der Waals surface area contributed by atoms with Crippen LogP contribution in [0.2, 0.25) is 0 Å². The van der Waals surface area contributed by atoms with Crippen LogP contribution in [0, 0.1) is 13.8 Å². The summed E-state index contributed by atoms with van der Waals surface area (Å²) < 4.78 is 56.0. The molecule has 19 rings (SSSR count). The van der Waals surface area contributed by atoms with E-state index < -0.39 is 11.9 Å². The number of nitrogen functional groups attached to an aromatic ring is 1. The molecule has 730 valence electrons. The summed E-state index contributed by atoms with van der Waals surface area (Å²) in [5.74, 6) is 3.11. The van der Waals surface area contributed by atoms with Gasteiger partial charge in [-0.2, -0.15) is 43.1 Å². The molecule has 19 heterocycles. The van der Waals surface area contributed by atoms with Gasteiger partial charge in [0.15, 0.2) is 21.5 Å². The molecule has 0 spiro atoms. The Hall–Kier alpha value is -11.7. The number of anilines is 1. The lowest BCUT2D eigenvalue weighted by Crippen LogP contribution is -2.17. The van der Waals surface area contributed by atoms with Crippen molar-refractivity contribution in [3.05, 3.63) is 244 Å². The fraction of sp³-hybridized carbons (Fsp3) is 0.495. The van der Waals surface area contributed by atoms with Crippen LogP contribution in [0.25, 0.3) is 37.7 Å². The number of thioether (sulfide) groups is 1. The first-order valence-corrected chi connectivity index (χ1v) is 48.6. The van der Waals surface area contributed by atoms with E-state index in [1.165, 1.54) is 55.8 Å². The number of hydrogen-bond acceptors (Lipinski definition) is 25. The lowest BCUT2D eigenvalue weighted by atomic mass is 9.88. The number of pyridine rings is 1. The van der Waals surface area contributed by atoms with Gasteiger partial charge in [0.25, 0.3) is 5.78 Å². The van der Waals surface area contributed by atoms with Crippen LogP contribution in [0.3, 0.4) is 0 Å². The number of hydrogen-bond donors (Lipinski definition) is 2. The van der Waals surface area contributed by atoms with Crippen LogP contribution >= 0.6 is 46.0 Å². The number of rotatable bonds is 0. The second-order valence-electron chi connectivity index (χ2n) is 44.2. The fourth-order valence-corrected chi connectivity index (χ4v) is 15.2. The van der Waals surface area contributed by atoms with E-state index in [0.717, 1.165) is 84.6 Å². The predicted molar refractivity (Wildman–Crippen MR) is 545 cm³/mol. The maximum atomic E-state index is 12.5. The molecular weight excluding hydrogens is 1790 g/mol. The smallest absolute Gasteiger partial charge is 0.368 e. The molecule has 1 aliphatic rings. The highest BCUT2D eigenvalue weighted by molar-refractivity contribution is 7.99. The van der Waals surface area contributed by atoms with Crippen LogP contribution in [0.5, 0.6) is 0 Å².